The van der Waals surface area contributed by atoms with Crippen molar-refractivity contribution < 1.29 is 14.7 Å². The number of anilines is 1. The van der Waals surface area contributed by atoms with Crippen LogP contribution in [0.25, 0.3) is 0 Å². The third kappa shape index (κ3) is 3.97. The summed E-state index contributed by atoms with van der Waals surface area (Å²) in [5, 5.41) is 11.9. The third-order valence-electron chi connectivity index (χ3n) is 3.97. The minimum absolute atomic E-state index is 0.131. The number of amides is 1. The second-order valence-electron chi connectivity index (χ2n) is 5.92. The Morgan fingerprint density at radius 1 is 1.29 bits per heavy atom. The Bertz CT molecular complexity index is 509. The first-order valence-electron chi connectivity index (χ1n) is 7.10. The van der Waals surface area contributed by atoms with Crippen LogP contribution in [0.1, 0.15) is 39.7 Å². The van der Waals surface area contributed by atoms with Crippen LogP contribution >= 0.6 is 0 Å². The molecule has 2 unspecified atom stereocenters. The van der Waals surface area contributed by atoms with E-state index in [-0.39, 0.29) is 11.8 Å². The number of nitrogens with two attached hydrogens (primary N) is 1. The molecule has 1 amide bonds. The SMILES string of the molecule is CCC(C)C(NC(=O)C(C)(C)c1ccc(N)cc1)C(=O)O. The number of carbonyl (C=O) groups excluding carboxylic acids is 1. The first-order chi connectivity index (χ1) is 9.70. The molecule has 1 rings (SSSR count). The standard InChI is InChI=1S/C16H24N2O3/c1-5-10(2)13(14(19)20)18-15(21)16(3,4)11-6-8-12(17)9-7-11/h6-10,13H,5,17H2,1-4H3,(H,18,21)(H,19,20). The molecule has 116 valence electrons. The van der Waals surface area contributed by atoms with E-state index in [9.17, 15) is 14.7 Å². The average Bonchev–Trinajstić information content (AvgIpc) is 2.43. The number of carbonyl (C=O) groups is 2. The van der Waals surface area contributed by atoms with E-state index < -0.39 is 17.4 Å². The minimum Gasteiger partial charge on any atom is -0.480 e. The van der Waals surface area contributed by atoms with Gasteiger partial charge in [0.2, 0.25) is 5.91 Å². The summed E-state index contributed by atoms with van der Waals surface area (Å²) < 4.78 is 0. The summed E-state index contributed by atoms with van der Waals surface area (Å²) in [6, 6.07) is 6.15. The molecule has 0 heterocycles. The van der Waals surface area contributed by atoms with Crippen molar-refractivity contribution >= 4 is 17.6 Å². The highest BCUT2D eigenvalue weighted by Gasteiger charge is 2.34. The molecular formula is C16H24N2O3. The molecule has 0 bridgehead atoms. The van der Waals surface area contributed by atoms with Crippen LogP contribution in [-0.2, 0) is 15.0 Å². The van der Waals surface area contributed by atoms with Gasteiger partial charge in [-0.05, 0) is 37.5 Å². The molecule has 5 nitrogen and oxygen atoms in total. The van der Waals surface area contributed by atoms with Gasteiger partial charge in [0.05, 0.1) is 5.41 Å². The normalized spacial score (nSPS) is 14.3. The molecule has 0 spiro atoms. The average molecular weight is 292 g/mol. The number of rotatable bonds is 6. The van der Waals surface area contributed by atoms with Crippen molar-refractivity contribution in [2.45, 2.75) is 45.6 Å². The van der Waals surface area contributed by atoms with Crippen molar-refractivity contribution in [3.63, 3.8) is 0 Å². The number of benzene rings is 1. The topological polar surface area (TPSA) is 92.4 Å². The summed E-state index contributed by atoms with van der Waals surface area (Å²) >= 11 is 0. The summed E-state index contributed by atoms with van der Waals surface area (Å²) in [5.74, 6) is -1.44. The molecule has 0 aliphatic rings. The molecule has 0 aromatic heterocycles. The number of nitrogen functional groups attached to an aromatic ring is 1. The monoisotopic (exact) mass is 292 g/mol. The summed E-state index contributed by atoms with van der Waals surface area (Å²) in [6.45, 7) is 7.25. The molecule has 1 aromatic carbocycles. The fourth-order valence-corrected chi connectivity index (χ4v) is 2.04. The van der Waals surface area contributed by atoms with Crippen molar-refractivity contribution in [1.29, 1.82) is 0 Å². The minimum atomic E-state index is -1.01. The van der Waals surface area contributed by atoms with E-state index in [1.807, 2.05) is 13.8 Å². The Labute approximate surface area is 125 Å². The van der Waals surface area contributed by atoms with Gasteiger partial charge in [0.25, 0.3) is 0 Å². The van der Waals surface area contributed by atoms with Crippen LogP contribution in [0, 0.1) is 5.92 Å². The molecule has 0 fully saturated rings. The molecule has 2 atom stereocenters. The van der Waals surface area contributed by atoms with E-state index >= 15 is 0 Å². The van der Waals surface area contributed by atoms with Crippen molar-refractivity contribution in [2.24, 2.45) is 5.92 Å². The van der Waals surface area contributed by atoms with Gasteiger partial charge < -0.3 is 16.2 Å². The number of hydrogen-bond acceptors (Lipinski definition) is 3. The summed E-state index contributed by atoms with van der Waals surface area (Å²) in [4.78, 5) is 23.8. The van der Waals surface area contributed by atoms with E-state index in [2.05, 4.69) is 5.32 Å². The highest BCUT2D eigenvalue weighted by atomic mass is 16.4. The Kier molecular flexibility index (Phi) is 5.35. The zero-order valence-corrected chi connectivity index (χ0v) is 13.0. The van der Waals surface area contributed by atoms with Crippen molar-refractivity contribution in [3.8, 4) is 0 Å². The van der Waals surface area contributed by atoms with Gasteiger partial charge in [0.15, 0.2) is 0 Å². The van der Waals surface area contributed by atoms with Gasteiger partial charge in [-0.3, -0.25) is 4.79 Å². The van der Waals surface area contributed by atoms with Gasteiger partial charge in [-0.15, -0.1) is 0 Å². The molecule has 0 radical (unpaired) electrons. The zero-order valence-electron chi connectivity index (χ0n) is 13.0. The zero-order chi connectivity index (χ0) is 16.2. The number of carboxylic acid groups (broad SMARTS) is 1. The predicted octanol–water partition coefficient (Wildman–Crippen LogP) is 2.16. The van der Waals surface area contributed by atoms with Gasteiger partial charge in [-0.1, -0.05) is 32.4 Å². The van der Waals surface area contributed by atoms with Crippen LogP contribution in [0.3, 0.4) is 0 Å². The van der Waals surface area contributed by atoms with Gasteiger partial charge in [0, 0.05) is 5.69 Å². The van der Waals surface area contributed by atoms with E-state index in [0.29, 0.717) is 12.1 Å². The van der Waals surface area contributed by atoms with Gasteiger partial charge in [-0.25, -0.2) is 4.79 Å². The maximum atomic E-state index is 12.5. The number of aliphatic carboxylic acids is 1. The molecule has 5 heteroatoms. The maximum Gasteiger partial charge on any atom is 0.326 e. The predicted molar refractivity (Wildman–Crippen MR) is 82.9 cm³/mol. The molecule has 0 aliphatic heterocycles. The molecular weight excluding hydrogens is 268 g/mol. The fraction of sp³-hybridized carbons (Fsp3) is 0.500. The molecule has 0 aliphatic carbocycles. The Morgan fingerprint density at radius 2 is 1.81 bits per heavy atom. The van der Waals surface area contributed by atoms with Crippen LogP contribution in [0.5, 0.6) is 0 Å². The van der Waals surface area contributed by atoms with E-state index in [0.717, 1.165) is 5.56 Å². The lowest BCUT2D eigenvalue weighted by atomic mass is 9.83. The van der Waals surface area contributed by atoms with Gasteiger partial charge >= 0.3 is 5.97 Å². The second kappa shape index (κ2) is 6.61. The largest absolute Gasteiger partial charge is 0.480 e. The molecule has 21 heavy (non-hydrogen) atoms. The van der Waals surface area contributed by atoms with Gasteiger partial charge in [0.1, 0.15) is 6.04 Å². The lowest BCUT2D eigenvalue weighted by Crippen LogP contribution is -2.50. The summed E-state index contributed by atoms with van der Waals surface area (Å²) in [5.41, 5.74) is 6.24. The van der Waals surface area contributed by atoms with Gasteiger partial charge in [-0.2, -0.15) is 0 Å². The van der Waals surface area contributed by atoms with Crippen LogP contribution in [-0.4, -0.2) is 23.0 Å². The van der Waals surface area contributed by atoms with E-state index in [1.54, 1.807) is 38.1 Å². The van der Waals surface area contributed by atoms with Crippen molar-refractivity contribution in [1.82, 2.24) is 5.32 Å². The first-order valence-corrected chi connectivity index (χ1v) is 7.10. The Hall–Kier alpha value is -2.04. The van der Waals surface area contributed by atoms with E-state index in [4.69, 9.17) is 5.73 Å². The van der Waals surface area contributed by atoms with Crippen molar-refractivity contribution in [3.05, 3.63) is 29.8 Å². The summed E-state index contributed by atoms with van der Waals surface area (Å²) in [7, 11) is 0. The first kappa shape index (κ1) is 17.0. The summed E-state index contributed by atoms with van der Waals surface area (Å²) in [6.07, 6.45) is 0.680. The smallest absolute Gasteiger partial charge is 0.326 e. The number of hydrogen-bond donors (Lipinski definition) is 3. The number of nitrogens with one attached hydrogen (secondary N) is 1. The van der Waals surface area contributed by atoms with Crippen molar-refractivity contribution in [2.75, 3.05) is 5.73 Å². The van der Waals surface area contributed by atoms with Crippen LogP contribution in [0.4, 0.5) is 5.69 Å². The highest BCUT2D eigenvalue weighted by molar-refractivity contribution is 5.91. The quantitative estimate of drug-likeness (QED) is 0.700. The lowest BCUT2D eigenvalue weighted by molar-refractivity contribution is -0.144. The highest BCUT2D eigenvalue weighted by Crippen LogP contribution is 2.25. The Morgan fingerprint density at radius 3 is 2.24 bits per heavy atom. The third-order valence-corrected chi connectivity index (χ3v) is 3.97. The van der Waals surface area contributed by atoms with Crippen LogP contribution in [0.2, 0.25) is 0 Å². The Balaban J connectivity index is 2.94. The van der Waals surface area contributed by atoms with Crippen LogP contribution < -0.4 is 11.1 Å². The molecule has 0 saturated heterocycles. The molecule has 1 aromatic rings. The lowest BCUT2D eigenvalue weighted by Gasteiger charge is -2.28. The number of carboxylic acids is 1. The second-order valence-corrected chi connectivity index (χ2v) is 5.92. The fourth-order valence-electron chi connectivity index (χ4n) is 2.04. The molecule has 0 saturated carbocycles. The van der Waals surface area contributed by atoms with Crippen LogP contribution in [0.15, 0.2) is 24.3 Å². The maximum absolute atomic E-state index is 12.5. The molecule has 4 N–H and O–H groups in total. The van der Waals surface area contributed by atoms with E-state index in [1.165, 1.54) is 0 Å².